The predicted molar refractivity (Wildman–Crippen MR) is 86.2 cm³/mol. The van der Waals surface area contributed by atoms with Crippen molar-refractivity contribution in [1.29, 1.82) is 0 Å². The van der Waals surface area contributed by atoms with Crippen molar-refractivity contribution < 1.29 is 18.0 Å². The Labute approximate surface area is 140 Å². The van der Waals surface area contributed by atoms with Crippen LogP contribution in [-0.4, -0.2) is 10.9 Å². The molecule has 0 aliphatic heterocycles. The lowest BCUT2D eigenvalue weighted by Gasteiger charge is -2.12. The molecule has 122 valence electrons. The van der Waals surface area contributed by atoms with Crippen LogP contribution < -0.4 is 5.32 Å². The van der Waals surface area contributed by atoms with Gasteiger partial charge in [-0.25, -0.2) is 0 Å². The van der Waals surface area contributed by atoms with Crippen molar-refractivity contribution in [2.45, 2.75) is 6.18 Å². The lowest BCUT2D eigenvalue weighted by Crippen LogP contribution is -2.15. The van der Waals surface area contributed by atoms with Gasteiger partial charge in [0.1, 0.15) is 0 Å². The number of nitrogens with zero attached hydrogens (tertiary/aromatic N) is 1. The summed E-state index contributed by atoms with van der Waals surface area (Å²) in [5.41, 5.74) is -0.187. The Morgan fingerprint density at radius 2 is 1.83 bits per heavy atom. The number of halogens is 4. The molecule has 24 heavy (non-hydrogen) atoms. The molecule has 3 rings (SSSR count). The number of nitrogens with one attached hydrogen (secondary N) is 1. The Kier molecular flexibility index (Phi) is 4.15. The summed E-state index contributed by atoms with van der Waals surface area (Å²) in [5, 5.41) is 2.68. The summed E-state index contributed by atoms with van der Waals surface area (Å²) < 4.78 is 38.6. The van der Waals surface area contributed by atoms with Crippen molar-refractivity contribution in [2.75, 3.05) is 5.32 Å². The van der Waals surface area contributed by atoms with E-state index >= 15 is 0 Å². The number of benzene rings is 2. The fourth-order valence-electron chi connectivity index (χ4n) is 2.26. The van der Waals surface area contributed by atoms with Crippen LogP contribution in [0.1, 0.15) is 15.9 Å². The molecule has 1 amide bonds. The number of aromatic nitrogens is 1. The molecule has 1 aromatic heterocycles. The zero-order valence-electron chi connectivity index (χ0n) is 12.1. The summed E-state index contributed by atoms with van der Waals surface area (Å²) in [6.45, 7) is 0. The Hall–Kier alpha value is -2.60. The molecular formula is C17H10ClF3N2O. The van der Waals surface area contributed by atoms with Gasteiger partial charge in [0, 0.05) is 5.39 Å². The number of para-hydroxylation sites is 1. The summed E-state index contributed by atoms with van der Waals surface area (Å²) in [5.74, 6) is -0.733. The van der Waals surface area contributed by atoms with E-state index in [1.807, 2.05) is 24.3 Å². The largest absolute Gasteiger partial charge is 0.417 e. The molecule has 0 unspecified atom stereocenters. The first kappa shape index (κ1) is 16.3. The van der Waals surface area contributed by atoms with Crippen LogP contribution in [0.4, 0.5) is 18.9 Å². The lowest BCUT2D eigenvalue weighted by molar-refractivity contribution is -0.137. The number of rotatable bonds is 2. The Bertz CT molecular complexity index is 925. The molecule has 0 saturated carbocycles. The zero-order chi connectivity index (χ0) is 17.3. The van der Waals surface area contributed by atoms with Gasteiger partial charge in [-0.15, -0.1) is 0 Å². The van der Waals surface area contributed by atoms with Gasteiger partial charge < -0.3 is 5.32 Å². The first-order valence-corrected chi connectivity index (χ1v) is 7.26. The van der Waals surface area contributed by atoms with Crippen molar-refractivity contribution >= 4 is 34.1 Å². The summed E-state index contributed by atoms with van der Waals surface area (Å²) in [6.07, 6.45) is -3.19. The fraction of sp³-hybridized carbons (Fsp3) is 0.0588. The third-order valence-corrected chi connectivity index (χ3v) is 3.80. The first-order valence-electron chi connectivity index (χ1n) is 6.88. The van der Waals surface area contributed by atoms with Gasteiger partial charge in [-0.2, -0.15) is 13.2 Å². The summed E-state index contributed by atoms with van der Waals surface area (Å²) >= 11 is 5.75. The van der Waals surface area contributed by atoms with Crippen LogP contribution in [0.2, 0.25) is 5.02 Å². The van der Waals surface area contributed by atoms with E-state index in [9.17, 15) is 18.0 Å². The predicted octanol–water partition coefficient (Wildman–Crippen LogP) is 5.16. The van der Waals surface area contributed by atoms with Gasteiger partial charge in [-0.3, -0.25) is 9.78 Å². The summed E-state index contributed by atoms with van der Waals surface area (Å²) in [6, 6.07) is 12.2. The Morgan fingerprint density at radius 1 is 1.08 bits per heavy atom. The maximum Gasteiger partial charge on any atom is 0.417 e. The molecule has 0 saturated heterocycles. The van der Waals surface area contributed by atoms with Crippen molar-refractivity contribution in [1.82, 2.24) is 4.98 Å². The fourth-order valence-corrected chi connectivity index (χ4v) is 2.58. The molecule has 3 nitrogen and oxygen atoms in total. The van der Waals surface area contributed by atoms with Crippen LogP contribution in [0.25, 0.3) is 10.9 Å². The molecule has 7 heteroatoms. The number of hydrogen-bond acceptors (Lipinski definition) is 2. The van der Waals surface area contributed by atoms with Crippen molar-refractivity contribution in [3.05, 3.63) is 70.9 Å². The molecule has 1 N–H and O–H groups in total. The van der Waals surface area contributed by atoms with Crippen LogP contribution in [0.15, 0.2) is 54.7 Å². The lowest BCUT2D eigenvalue weighted by atomic mass is 10.1. The van der Waals surface area contributed by atoms with Gasteiger partial charge in [0.05, 0.1) is 33.6 Å². The molecule has 0 aliphatic rings. The van der Waals surface area contributed by atoms with Crippen molar-refractivity contribution in [2.24, 2.45) is 0 Å². The first-order chi connectivity index (χ1) is 11.4. The quantitative estimate of drug-likeness (QED) is 0.693. The van der Waals surface area contributed by atoms with Crippen molar-refractivity contribution in [3.63, 3.8) is 0 Å². The molecule has 0 aliphatic carbocycles. The summed E-state index contributed by atoms with van der Waals surface area (Å²) in [4.78, 5) is 16.4. The number of carbonyl (C=O) groups is 1. The minimum absolute atomic E-state index is 0.250. The second kappa shape index (κ2) is 6.13. The minimum atomic E-state index is -4.63. The summed E-state index contributed by atoms with van der Waals surface area (Å²) in [7, 11) is 0. The second-order valence-electron chi connectivity index (χ2n) is 5.04. The Morgan fingerprint density at radius 3 is 2.58 bits per heavy atom. The van der Waals surface area contributed by atoms with Gasteiger partial charge in [0.15, 0.2) is 0 Å². The Balaban J connectivity index is 1.92. The second-order valence-corrected chi connectivity index (χ2v) is 5.41. The van der Waals surface area contributed by atoms with Gasteiger partial charge in [0.25, 0.3) is 5.91 Å². The van der Waals surface area contributed by atoms with Crippen LogP contribution in [0.3, 0.4) is 0 Å². The average molecular weight is 351 g/mol. The van der Waals surface area contributed by atoms with Crippen LogP contribution >= 0.6 is 11.6 Å². The molecule has 0 atom stereocenters. The molecule has 1 heterocycles. The smallest absolute Gasteiger partial charge is 0.321 e. The van der Waals surface area contributed by atoms with Gasteiger partial charge >= 0.3 is 6.18 Å². The van der Waals surface area contributed by atoms with E-state index in [0.717, 1.165) is 23.0 Å². The van der Waals surface area contributed by atoms with E-state index in [2.05, 4.69) is 10.3 Å². The monoisotopic (exact) mass is 350 g/mol. The van der Waals surface area contributed by atoms with E-state index in [4.69, 9.17) is 11.6 Å². The number of fused-ring (bicyclic) bond motifs is 1. The number of alkyl halides is 3. The maximum atomic E-state index is 12.9. The molecule has 0 bridgehead atoms. The van der Waals surface area contributed by atoms with Gasteiger partial charge in [-0.05, 0) is 24.3 Å². The number of carbonyl (C=O) groups excluding carboxylic acids is 1. The normalized spacial score (nSPS) is 11.5. The van der Waals surface area contributed by atoms with E-state index in [-0.39, 0.29) is 5.56 Å². The van der Waals surface area contributed by atoms with Crippen molar-refractivity contribution in [3.8, 4) is 0 Å². The SMILES string of the molecule is O=C(Nc1cnc2ccccc2c1)c1cccc(C(F)(F)F)c1Cl. The number of pyridine rings is 1. The van der Waals surface area contributed by atoms with Crippen LogP contribution in [-0.2, 0) is 6.18 Å². The zero-order valence-corrected chi connectivity index (χ0v) is 12.8. The topological polar surface area (TPSA) is 42.0 Å². The van der Waals surface area contributed by atoms with E-state index in [0.29, 0.717) is 5.69 Å². The molecule has 3 aromatic rings. The van der Waals surface area contributed by atoms with E-state index < -0.39 is 22.7 Å². The molecule has 0 fully saturated rings. The highest BCUT2D eigenvalue weighted by Crippen LogP contribution is 2.36. The molecule has 2 aromatic carbocycles. The number of hydrogen-bond donors (Lipinski definition) is 1. The third-order valence-electron chi connectivity index (χ3n) is 3.40. The van der Waals surface area contributed by atoms with Crippen LogP contribution in [0, 0.1) is 0 Å². The molecule has 0 radical (unpaired) electrons. The average Bonchev–Trinajstić information content (AvgIpc) is 2.53. The highest BCUT2D eigenvalue weighted by molar-refractivity contribution is 6.35. The highest BCUT2D eigenvalue weighted by Gasteiger charge is 2.34. The maximum absolute atomic E-state index is 12.9. The van der Waals surface area contributed by atoms with Crippen LogP contribution in [0.5, 0.6) is 0 Å². The number of amides is 1. The molecule has 0 spiro atoms. The molecular weight excluding hydrogens is 341 g/mol. The highest BCUT2D eigenvalue weighted by atomic mass is 35.5. The van der Waals surface area contributed by atoms with E-state index in [1.54, 1.807) is 6.07 Å². The van der Waals surface area contributed by atoms with E-state index in [1.165, 1.54) is 12.3 Å². The third kappa shape index (κ3) is 3.19. The van der Waals surface area contributed by atoms with Gasteiger partial charge in [-0.1, -0.05) is 35.9 Å². The number of anilines is 1. The standard InChI is InChI=1S/C17H10ClF3N2O/c18-15-12(5-3-6-13(15)17(19,20)21)16(24)23-11-8-10-4-1-2-7-14(10)22-9-11/h1-9H,(H,23,24). The van der Waals surface area contributed by atoms with Gasteiger partial charge in [0.2, 0.25) is 0 Å². The minimum Gasteiger partial charge on any atom is -0.321 e.